The second-order valence-electron chi connectivity index (χ2n) is 6.97. The van der Waals surface area contributed by atoms with Crippen LogP contribution in [0.25, 0.3) is 11.0 Å². The van der Waals surface area contributed by atoms with E-state index in [0.29, 0.717) is 24.2 Å². The van der Waals surface area contributed by atoms with Gasteiger partial charge in [-0.05, 0) is 45.4 Å². The molecule has 1 unspecified atom stereocenters. The summed E-state index contributed by atoms with van der Waals surface area (Å²) in [6.45, 7) is 7.42. The van der Waals surface area contributed by atoms with Crippen LogP contribution in [0.1, 0.15) is 33.1 Å². The van der Waals surface area contributed by atoms with Crippen LogP contribution < -0.4 is 10.9 Å². The minimum atomic E-state index is -0.129. The largest absolute Gasteiger partial charge is 0.354 e. The Hall–Kier alpha value is -1.86. The van der Waals surface area contributed by atoms with E-state index in [4.69, 9.17) is 0 Å². The number of aryl methyl sites for hydroxylation is 1. The molecule has 1 amide bonds. The summed E-state index contributed by atoms with van der Waals surface area (Å²) in [5.74, 6) is 0.155. The van der Waals surface area contributed by atoms with Crippen molar-refractivity contribution in [3.63, 3.8) is 0 Å². The highest BCUT2D eigenvalue weighted by Gasteiger charge is 2.18. The minimum absolute atomic E-state index is 0.0536. The lowest BCUT2D eigenvalue weighted by molar-refractivity contribution is -0.118. The van der Waals surface area contributed by atoms with E-state index in [2.05, 4.69) is 22.1 Å². The van der Waals surface area contributed by atoms with E-state index in [0.717, 1.165) is 24.1 Å². The van der Waals surface area contributed by atoms with Crippen LogP contribution in [0.5, 0.6) is 0 Å². The monoisotopic (exact) mass is 388 g/mol. The third kappa shape index (κ3) is 4.90. The smallest absolute Gasteiger partial charge is 0.283 e. The number of likely N-dealkylation sites (tertiary alicyclic amines) is 1. The highest BCUT2D eigenvalue weighted by atomic mass is 32.2. The lowest BCUT2D eigenvalue weighted by Crippen LogP contribution is -2.42. The Morgan fingerprint density at radius 1 is 1.33 bits per heavy atom. The van der Waals surface area contributed by atoms with E-state index in [1.165, 1.54) is 31.0 Å². The van der Waals surface area contributed by atoms with Crippen LogP contribution in [0.4, 0.5) is 0 Å². The zero-order valence-electron chi connectivity index (χ0n) is 16.1. The van der Waals surface area contributed by atoms with Crippen LogP contribution in [-0.2, 0) is 11.3 Å². The van der Waals surface area contributed by atoms with Gasteiger partial charge in [-0.3, -0.25) is 14.5 Å². The van der Waals surface area contributed by atoms with Gasteiger partial charge in [0.25, 0.3) is 5.56 Å². The maximum Gasteiger partial charge on any atom is 0.283 e. The first kappa shape index (κ1) is 19.9. The predicted octanol–water partition coefficient (Wildman–Crippen LogP) is 2.50. The van der Waals surface area contributed by atoms with Gasteiger partial charge in [0.1, 0.15) is 0 Å². The predicted molar refractivity (Wildman–Crippen MR) is 110 cm³/mol. The molecule has 146 valence electrons. The van der Waals surface area contributed by atoms with Crippen molar-refractivity contribution in [1.29, 1.82) is 0 Å². The lowest BCUT2D eigenvalue weighted by atomic mass is 10.0. The fourth-order valence-electron chi connectivity index (χ4n) is 3.59. The molecule has 1 aliphatic rings. The number of piperidine rings is 1. The summed E-state index contributed by atoms with van der Waals surface area (Å²) in [6.07, 6.45) is 3.78. The number of aromatic nitrogens is 2. The zero-order chi connectivity index (χ0) is 19.2. The van der Waals surface area contributed by atoms with Crippen LogP contribution in [0.2, 0.25) is 0 Å². The molecule has 1 atom stereocenters. The van der Waals surface area contributed by atoms with Gasteiger partial charge in [0.05, 0.1) is 16.8 Å². The number of para-hydroxylation sites is 2. The van der Waals surface area contributed by atoms with Crippen molar-refractivity contribution in [3.05, 3.63) is 34.6 Å². The Morgan fingerprint density at radius 3 is 2.93 bits per heavy atom. The van der Waals surface area contributed by atoms with Gasteiger partial charge in [0, 0.05) is 25.7 Å². The summed E-state index contributed by atoms with van der Waals surface area (Å²) < 4.78 is 1.71. The molecule has 1 saturated heterocycles. The summed E-state index contributed by atoms with van der Waals surface area (Å²) >= 11 is 1.22. The van der Waals surface area contributed by atoms with Gasteiger partial charge in [-0.2, -0.15) is 0 Å². The Bertz CT molecular complexity index is 851. The third-order valence-electron chi connectivity index (χ3n) is 5.14. The number of fused-ring (bicyclic) bond motifs is 1. The number of thioether (sulfide) groups is 1. The molecule has 1 N–H and O–H groups in total. The summed E-state index contributed by atoms with van der Waals surface area (Å²) in [4.78, 5) is 31.7. The number of hydrogen-bond donors (Lipinski definition) is 1. The maximum atomic E-state index is 12.6. The Morgan fingerprint density at radius 2 is 2.15 bits per heavy atom. The molecule has 1 aromatic heterocycles. The minimum Gasteiger partial charge on any atom is -0.354 e. The summed E-state index contributed by atoms with van der Waals surface area (Å²) in [6, 6.07) is 8.20. The molecule has 2 aromatic rings. The highest BCUT2D eigenvalue weighted by molar-refractivity contribution is 7.99. The number of carbonyl (C=O) groups excluding carboxylic acids is 1. The number of benzene rings is 1. The van der Waals surface area contributed by atoms with E-state index < -0.39 is 0 Å². The number of hydrogen-bond acceptors (Lipinski definition) is 5. The van der Waals surface area contributed by atoms with Crippen LogP contribution in [0.3, 0.4) is 0 Å². The quantitative estimate of drug-likeness (QED) is 0.738. The summed E-state index contributed by atoms with van der Waals surface area (Å²) in [5, 5.41) is 3.35. The standard InChI is InChI=1S/C20H28N4O2S/c1-3-24-17-10-5-4-9-16(17)22-19(20(24)26)27-14-18(25)21-11-13-23-12-7-6-8-15(23)2/h4-5,9-10,15H,3,6-8,11-14H2,1-2H3,(H,21,25). The molecule has 27 heavy (non-hydrogen) atoms. The van der Waals surface area contributed by atoms with Crippen molar-refractivity contribution in [2.45, 2.75) is 50.7 Å². The van der Waals surface area contributed by atoms with Gasteiger partial charge in [0.2, 0.25) is 5.91 Å². The molecule has 0 saturated carbocycles. The van der Waals surface area contributed by atoms with Gasteiger partial charge >= 0.3 is 0 Å². The van der Waals surface area contributed by atoms with Crippen molar-refractivity contribution in [2.75, 3.05) is 25.4 Å². The number of nitrogens with zero attached hydrogens (tertiary/aromatic N) is 3. The zero-order valence-corrected chi connectivity index (χ0v) is 16.9. The van der Waals surface area contributed by atoms with E-state index in [-0.39, 0.29) is 17.2 Å². The molecular formula is C20H28N4O2S. The molecule has 1 fully saturated rings. The van der Waals surface area contributed by atoms with Gasteiger partial charge in [0.15, 0.2) is 5.03 Å². The van der Waals surface area contributed by atoms with Crippen LogP contribution in [0.15, 0.2) is 34.1 Å². The number of rotatable bonds is 7. The van der Waals surface area contributed by atoms with E-state index in [9.17, 15) is 9.59 Å². The molecule has 1 aliphatic heterocycles. The fourth-order valence-corrected chi connectivity index (χ4v) is 4.36. The molecule has 6 nitrogen and oxygen atoms in total. The molecule has 1 aromatic carbocycles. The van der Waals surface area contributed by atoms with Crippen LogP contribution in [0, 0.1) is 0 Å². The fraction of sp³-hybridized carbons (Fsp3) is 0.550. The van der Waals surface area contributed by atoms with Crippen molar-refractivity contribution in [2.24, 2.45) is 0 Å². The van der Waals surface area contributed by atoms with E-state index >= 15 is 0 Å². The first-order valence-electron chi connectivity index (χ1n) is 9.73. The number of carbonyl (C=O) groups is 1. The molecular weight excluding hydrogens is 360 g/mol. The molecule has 0 bridgehead atoms. The van der Waals surface area contributed by atoms with Crippen LogP contribution >= 0.6 is 11.8 Å². The molecule has 0 radical (unpaired) electrons. The van der Waals surface area contributed by atoms with E-state index in [1.54, 1.807) is 4.57 Å². The number of amides is 1. The average molecular weight is 389 g/mol. The van der Waals surface area contributed by atoms with Crippen molar-refractivity contribution in [3.8, 4) is 0 Å². The second kappa shape index (κ2) is 9.37. The van der Waals surface area contributed by atoms with Crippen molar-refractivity contribution >= 4 is 28.7 Å². The lowest BCUT2D eigenvalue weighted by Gasteiger charge is -2.33. The number of nitrogens with one attached hydrogen (secondary N) is 1. The normalized spacial score (nSPS) is 17.9. The summed E-state index contributed by atoms with van der Waals surface area (Å²) in [5.41, 5.74) is 1.48. The Balaban J connectivity index is 1.55. The topological polar surface area (TPSA) is 67.2 Å². The first-order chi connectivity index (χ1) is 13.1. The van der Waals surface area contributed by atoms with Crippen molar-refractivity contribution < 1.29 is 4.79 Å². The Kier molecular flexibility index (Phi) is 6.90. The molecule has 2 heterocycles. The maximum absolute atomic E-state index is 12.6. The Labute approximate surface area is 164 Å². The second-order valence-corrected chi connectivity index (χ2v) is 7.94. The van der Waals surface area contributed by atoms with Gasteiger partial charge in [-0.25, -0.2) is 4.98 Å². The first-order valence-corrected chi connectivity index (χ1v) is 10.7. The molecule has 3 rings (SSSR count). The molecule has 7 heteroatoms. The average Bonchev–Trinajstić information content (AvgIpc) is 2.68. The van der Waals surface area contributed by atoms with Gasteiger partial charge in [-0.15, -0.1) is 0 Å². The SMILES string of the molecule is CCn1c(=O)c(SCC(=O)NCCN2CCCCC2C)nc2ccccc21. The molecule has 0 aliphatic carbocycles. The van der Waals surface area contributed by atoms with Crippen LogP contribution in [-0.4, -0.2) is 51.8 Å². The van der Waals surface area contributed by atoms with Gasteiger partial charge in [-0.1, -0.05) is 30.3 Å². The van der Waals surface area contributed by atoms with Crippen molar-refractivity contribution in [1.82, 2.24) is 19.8 Å². The molecule has 0 spiro atoms. The summed E-state index contributed by atoms with van der Waals surface area (Å²) in [7, 11) is 0. The van der Waals surface area contributed by atoms with Gasteiger partial charge < -0.3 is 9.88 Å². The third-order valence-corrected chi connectivity index (χ3v) is 6.09. The van der Waals surface area contributed by atoms with E-state index in [1.807, 2.05) is 31.2 Å². The highest BCUT2D eigenvalue weighted by Crippen LogP contribution is 2.17.